The number of aromatic nitrogens is 1. The predicted octanol–water partition coefficient (Wildman–Crippen LogP) is -0.376. The summed E-state index contributed by atoms with van der Waals surface area (Å²) in [5.74, 6) is 0.00820. The Morgan fingerprint density at radius 1 is 1.67 bits per heavy atom. The zero-order chi connectivity index (χ0) is 8.81. The van der Waals surface area contributed by atoms with Crippen LogP contribution in [0.3, 0.4) is 0 Å². The first-order valence-electron chi connectivity index (χ1n) is 3.68. The summed E-state index contributed by atoms with van der Waals surface area (Å²) in [4.78, 5) is 11.1. The molecule has 5 heteroatoms. The Hall–Kier alpha value is -1.36. The molecule has 0 aliphatic rings. The third kappa shape index (κ3) is 2.35. The highest BCUT2D eigenvalue weighted by Gasteiger charge is 2.07. The quantitative estimate of drug-likeness (QED) is 0.603. The molecule has 0 radical (unpaired) electrons. The highest BCUT2D eigenvalue weighted by atomic mass is 16.5. The molecule has 2 N–H and O–H groups in total. The molecule has 5 nitrogen and oxygen atoms in total. The van der Waals surface area contributed by atoms with E-state index in [1.165, 1.54) is 12.3 Å². The number of hydrogen-bond acceptors (Lipinski definition) is 4. The van der Waals surface area contributed by atoms with Crippen LogP contribution >= 0.6 is 0 Å². The maximum atomic E-state index is 11.1. The molecule has 1 aromatic heterocycles. The zero-order valence-corrected chi connectivity index (χ0v) is 6.83. The zero-order valence-electron chi connectivity index (χ0n) is 6.83. The Balaban J connectivity index is 2.30. The Morgan fingerprint density at radius 2 is 2.50 bits per heavy atom. The average molecular weight is 169 g/mol. The van der Waals surface area contributed by atoms with E-state index in [9.17, 15) is 4.79 Å². The molecule has 0 saturated heterocycles. The molecule has 66 valence electrons. The molecule has 0 unspecified atom stereocenters. The minimum absolute atomic E-state index is 0.234. The van der Waals surface area contributed by atoms with E-state index in [2.05, 4.69) is 20.3 Å². The SMILES string of the molecule is CNCCNC(=O)c1ccno1. The first-order chi connectivity index (χ1) is 5.84. The number of carbonyl (C=O) groups excluding carboxylic acids is 1. The van der Waals surface area contributed by atoms with Crippen LogP contribution in [0.25, 0.3) is 0 Å². The van der Waals surface area contributed by atoms with E-state index >= 15 is 0 Å². The van der Waals surface area contributed by atoms with Gasteiger partial charge in [0.1, 0.15) is 0 Å². The van der Waals surface area contributed by atoms with Gasteiger partial charge in [0.25, 0.3) is 5.91 Å². The Labute approximate surface area is 70.1 Å². The van der Waals surface area contributed by atoms with Gasteiger partial charge >= 0.3 is 0 Å². The van der Waals surface area contributed by atoms with E-state index in [1.807, 2.05) is 7.05 Å². The number of likely N-dealkylation sites (N-methyl/N-ethyl adjacent to an activating group) is 1. The van der Waals surface area contributed by atoms with Crippen LogP contribution in [0.15, 0.2) is 16.8 Å². The third-order valence-corrected chi connectivity index (χ3v) is 1.32. The van der Waals surface area contributed by atoms with Crippen LogP contribution in [0.1, 0.15) is 10.6 Å². The minimum atomic E-state index is -0.234. The number of carbonyl (C=O) groups is 1. The summed E-state index contributed by atoms with van der Waals surface area (Å²) in [5.41, 5.74) is 0. The summed E-state index contributed by atoms with van der Waals surface area (Å²) in [6.07, 6.45) is 1.44. The average Bonchev–Trinajstić information content (AvgIpc) is 2.56. The van der Waals surface area contributed by atoms with Crippen LogP contribution in [0.4, 0.5) is 0 Å². The lowest BCUT2D eigenvalue weighted by molar-refractivity contribution is 0.0917. The van der Waals surface area contributed by atoms with Gasteiger partial charge in [-0.05, 0) is 7.05 Å². The molecule has 1 aromatic rings. The van der Waals surface area contributed by atoms with Crippen LogP contribution in [0, 0.1) is 0 Å². The Kier molecular flexibility index (Phi) is 3.28. The minimum Gasteiger partial charge on any atom is -0.351 e. The van der Waals surface area contributed by atoms with E-state index in [0.717, 1.165) is 6.54 Å². The highest BCUT2D eigenvalue weighted by Crippen LogP contribution is 1.94. The van der Waals surface area contributed by atoms with Crippen molar-refractivity contribution in [3.8, 4) is 0 Å². The van der Waals surface area contributed by atoms with Crippen molar-refractivity contribution >= 4 is 5.91 Å². The molecule has 0 fully saturated rings. The number of hydrogen-bond donors (Lipinski definition) is 2. The van der Waals surface area contributed by atoms with Gasteiger partial charge in [-0.15, -0.1) is 0 Å². The van der Waals surface area contributed by atoms with Crippen LogP contribution in [-0.4, -0.2) is 31.2 Å². The lowest BCUT2D eigenvalue weighted by Crippen LogP contribution is -2.30. The summed E-state index contributed by atoms with van der Waals surface area (Å²) in [6.45, 7) is 1.32. The normalized spacial score (nSPS) is 9.75. The monoisotopic (exact) mass is 169 g/mol. The van der Waals surface area contributed by atoms with Crippen molar-refractivity contribution < 1.29 is 9.32 Å². The summed E-state index contributed by atoms with van der Waals surface area (Å²) >= 11 is 0. The molecular formula is C7H11N3O2. The summed E-state index contributed by atoms with van der Waals surface area (Å²) in [6, 6.07) is 1.52. The van der Waals surface area contributed by atoms with Gasteiger partial charge in [0.2, 0.25) is 5.76 Å². The smallest absolute Gasteiger partial charge is 0.289 e. The maximum absolute atomic E-state index is 11.1. The van der Waals surface area contributed by atoms with E-state index in [-0.39, 0.29) is 11.7 Å². The molecule has 1 heterocycles. The topological polar surface area (TPSA) is 67.2 Å². The van der Waals surface area contributed by atoms with Crippen molar-refractivity contribution in [1.82, 2.24) is 15.8 Å². The molecular weight excluding hydrogens is 158 g/mol. The number of amides is 1. The van der Waals surface area contributed by atoms with Gasteiger partial charge in [-0.2, -0.15) is 0 Å². The molecule has 0 aliphatic heterocycles. The van der Waals surface area contributed by atoms with Crippen LogP contribution in [0.2, 0.25) is 0 Å². The van der Waals surface area contributed by atoms with Crippen LogP contribution in [0.5, 0.6) is 0 Å². The van der Waals surface area contributed by atoms with E-state index in [1.54, 1.807) is 0 Å². The number of nitrogens with zero attached hydrogens (tertiary/aromatic N) is 1. The van der Waals surface area contributed by atoms with Crippen molar-refractivity contribution in [2.45, 2.75) is 0 Å². The van der Waals surface area contributed by atoms with Crippen molar-refractivity contribution in [3.05, 3.63) is 18.0 Å². The summed E-state index contributed by atoms with van der Waals surface area (Å²) in [7, 11) is 1.82. The molecule has 0 atom stereocenters. The number of rotatable bonds is 4. The highest BCUT2D eigenvalue weighted by molar-refractivity contribution is 5.91. The first-order valence-corrected chi connectivity index (χ1v) is 3.68. The van der Waals surface area contributed by atoms with E-state index in [4.69, 9.17) is 0 Å². The molecule has 0 aliphatic carbocycles. The molecule has 0 aromatic carbocycles. The molecule has 12 heavy (non-hydrogen) atoms. The fourth-order valence-corrected chi connectivity index (χ4v) is 0.721. The van der Waals surface area contributed by atoms with Crippen molar-refractivity contribution in [3.63, 3.8) is 0 Å². The van der Waals surface area contributed by atoms with E-state index < -0.39 is 0 Å². The fourth-order valence-electron chi connectivity index (χ4n) is 0.721. The first kappa shape index (κ1) is 8.73. The van der Waals surface area contributed by atoms with Gasteiger partial charge in [-0.1, -0.05) is 5.16 Å². The van der Waals surface area contributed by atoms with Gasteiger partial charge in [0.05, 0.1) is 6.20 Å². The van der Waals surface area contributed by atoms with Crippen LogP contribution in [-0.2, 0) is 0 Å². The van der Waals surface area contributed by atoms with Crippen molar-refractivity contribution in [2.75, 3.05) is 20.1 Å². The molecule has 1 amide bonds. The molecule has 0 bridgehead atoms. The van der Waals surface area contributed by atoms with Crippen LogP contribution < -0.4 is 10.6 Å². The largest absolute Gasteiger partial charge is 0.351 e. The van der Waals surface area contributed by atoms with Gasteiger partial charge in [-0.3, -0.25) is 4.79 Å². The van der Waals surface area contributed by atoms with Crippen molar-refractivity contribution in [1.29, 1.82) is 0 Å². The van der Waals surface area contributed by atoms with Crippen molar-refractivity contribution in [2.24, 2.45) is 0 Å². The van der Waals surface area contributed by atoms with Gasteiger partial charge in [-0.25, -0.2) is 0 Å². The lowest BCUT2D eigenvalue weighted by Gasteiger charge is -2.00. The second-order valence-corrected chi connectivity index (χ2v) is 2.24. The molecule has 0 saturated carbocycles. The Morgan fingerprint density at radius 3 is 3.08 bits per heavy atom. The van der Waals surface area contributed by atoms with E-state index in [0.29, 0.717) is 6.54 Å². The fraction of sp³-hybridized carbons (Fsp3) is 0.429. The Bertz CT molecular complexity index is 233. The van der Waals surface area contributed by atoms with Gasteiger partial charge < -0.3 is 15.2 Å². The second kappa shape index (κ2) is 4.50. The number of nitrogens with one attached hydrogen (secondary N) is 2. The summed E-state index contributed by atoms with van der Waals surface area (Å²) < 4.78 is 4.64. The second-order valence-electron chi connectivity index (χ2n) is 2.24. The summed E-state index contributed by atoms with van der Waals surface area (Å²) in [5, 5.41) is 8.98. The predicted molar refractivity (Wildman–Crippen MR) is 42.8 cm³/mol. The maximum Gasteiger partial charge on any atom is 0.289 e. The third-order valence-electron chi connectivity index (χ3n) is 1.32. The standard InChI is InChI=1S/C7H11N3O2/c1-8-4-5-9-7(11)6-2-3-10-12-6/h2-3,8H,4-5H2,1H3,(H,9,11). The van der Waals surface area contributed by atoms with Gasteiger partial charge in [0.15, 0.2) is 0 Å². The molecule has 0 spiro atoms. The van der Waals surface area contributed by atoms with Gasteiger partial charge in [0, 0.05) is 19.2 Å². The molecule has 1 rings (SSSR count). The lowest BCUT2D eigenvalue weighted by atomic mass is 10.4.